The van der Waals surface area contributed by atoms with Crippen LogP contribution in [0.15, 0.2) is 42.3 Å². The van der Waals surface area contributed by atoms with Crippen molar-refractivity contribution < 1.29 is 19.4 Å². The number of hydrogen-bond acceptors (Lipinski definition) is 5. The van der Waals surface area contributed by atoms with Crippen molar-refractivity contribution in [1.29, 1.82) is 0 Å². The standard InChI is InChI=1S/C22H24ClNO4/c1-6-13-7-8-14(27-15-9-10-24-17(23)12-15)11-16(13)18-19(25)21(2,3)28-22(4,5)20(18)26/h7-12,25H,6H2,1-5H3. The molecule has 0 saturated carbocycles. The van der Waals surface area contributed by atoms with Gasteiger partial charge in [0.25, 0.3) is 0 Å². The second-order valence-electron chi connectivity index (χ2n) is 7.76. The number of aliphatic hydroxyl groups is 1. The zero-order valence-corrected chi connectivity index (χ0v) is 17.4. The van der Waals surface area contributed by atoms with Crippen LogP contribution in [0, 0.1) is 0 Å². The minimum atomic E-state index is -1.05. The number of carbonyl (C=O) groups excluding carboxylic acids is 1. The molecule has 1 aromatic carbocycles. The average Bonchev–Trinajstić information content (AvgIpc) is 2.60. The fourth-order valence-electron chi connectivity index (χ4n) is 3.44. The lowest BCUT2D eigenvalue weighted by molar-refractivity contribution is -0.158. The van der Waals surface area contributed by atoms with Gasteiger partial charge in [0.15, 0.2) is 5.78 Å². The third-order valence-corrected chi connectivity index (χ3v) is 4.96. The van der Waals surface area contributed by atoms with Gasteiger partial charge in [0, 0.05) is 12.3 Å². The predicted octanol–water partition coefficient (Wildman–Crippen LogP) is 5.52. The van der Waals surface area contributed by atoms with E-state index in [4.69, 9.17) is 21.1 Å². The summed E-state index contributed by atoms with van der Waals surface area (Å²) in [5, 5.41) is 11.2. The van der Waals surface area contributed by atoms with E-state index in [1.165, 1.54) is 0 Å². The van der Waals surface area contributed by atoms with Crippen molar-refractivity contribution in [2.75, 3.05) is 0 Å². The Kier molecular flexibility index (Phi) is 5.26. The first-order valence-electron chi connectivity index (χ1n) is 9.16. The summed E-state index contributed by atoms with van der Waals surface area (Å²) in [5.41, 5.74) is -0.175. The van der Waals surface area contributed by atoms with Gasteiger partial charge in [-0.25, -0.2) is 4.98 Å². The molecule has 1 aliphatic rings. The highest BCUT2D eigenvalue weighted by molar-refractivity contribution is 6.29. The Labute approximate surface area is 170 Å². The van der Waals surface area contributed by atoms with Crippen molar-refractivity contribution in [2.24, 2.45) is 0 Å². The Bertz CT molecular complexity index is 963. The number of ether oxygens (including phenoxy) is 2. The van der Waals surface area contributed by atoms with Gasteiger partial charge in [0.05, 0.1) is 5.57 Å². The number of aromatic nitrogens is 1. The van der Waals surface area contributed by atoms with E-state index in [2.05, 4.69) is 4.98 Å². The maximum atomic E-state index is 13.1. The molecule has 3 rings (SSSR count). The van der Waals surface area contributed by atoms with Crippen LogP contribution in [0.25, 0.3) is 5.57 Å². The second kappa shape index (κ2) is 7.22. The number of halogens is 1. The van der Waals surface area contributed by atoms with E-state index in [9.17, 15) is 9.90 Å². The quantitative estimate of drug-likeness (QED) is 0.683. The summed E-state index contributed by atoms with van der Waals surface area (Å²) in [4.78, 5) is 17.1. The van der Waals surface area contributed by atoms with Crippen LogP contribution < -0.4 is 4.74 Å². The molecule has 6 heteroatoms. The van der Waals surface area contributed by atoms with Crippen LogP contribution in [0.5, 0.6) is 11.5 Å². The van der Waals surface area contributed by atoms with Crippen molar-refractivity contribution >= 4 is 23.0 Å². The van der Waals surface area contributed by atoms with Gasteiger partial charge in [0.2, 0.25) is 0 Å². The molecule has 0 amide bonds. The molecular weight excluding hydrogens is 378 g/mol. The van der Waals surface area contributed by atoms with Gasteiger partial charge >= 0.3 is 0 Å². The Balaban J connectivity index is 2.13. The monoisotopic (exact) mass is 401 g/mol. The Hall–Kier alpha value is -2.37. The number of hydrogen-bond donors (Lipinski definition) is 1. The lowest BCUT2D eigenvalue weighted by Crippen LogP contribution is -2.49. The highest BCUT2D eigenvalue weighted by atomic mass is 35.5. The Morgan fingerprint density at radius 3 is 2.43 bits per heavy atom. The number of benzene rings is 1. The number of aryl methyl sites for hydroxylation is 1. The lowest BCUT2D eigenvalue weighted by atomic mass is 9.81. The zero-order chi connectivity index (χ0) is 20.7. The maximum absolute atomic E-state index is 13.1. The summed E-state index contributed by atoms with van der Waals surface area (Å²) in [6.45, 7) is 8.94. The number of ketones is 1. The lowest BCUT2D eigenvalue weighted by Gasteiger charge is -2.40. The number of aliphatic hydroxyl groups excluding tert-OH is 1. The van der Waals surface area contributed by atoms with Gasteiger partial charge in [0.1, 0.15) is 33.6 Å². The highest BCUT2D eigenvalue weighted by Gasteiger charge is 2.47. The topological polar surface area (TPSA) is 68.7 Å². The third kappa shape index (κ3) is 3.77. The highest BCUT2D eigenvalue weighted by Crippen LogP contribution is 2.41. The fourth-order valence-corrected chi connectivity index (χ4v) is 3.60. The summed E-state index contributed by atoms with van der Waals surface area (Å²) < 4.78 is 11.7. The normalized spacial score (nSPS) is 18.3. The molecule has 2 heterocycles. The van der Waals surface area contributed by atoms with Crippen LogP contribution in [-0.2, 0) is 16.0 Å². The SMILES string of the molecule is CCc1ccc(Oc2ccnc(Cl)c2)cc1C1=C(O)C(C)(C)OC(C)(C)C1=O. The van der Waals surface area contributed by atoms with E-state index in [1.54, 1.807) is 52.1 Å². The van der Waals surface area contributed by atoms with Crippen LogP contribution in [0.4, 0.5) is 0 Å². The molecule has 1 N–H and O–H groups in total. The molecule has 0 aliphatic carbocycles. The van der Waals surface area contributed by atoms with Crippen molar-refractivity contribution in [1.82, 2.24) is 4.98 Å². The molecule has 0 radical (unpaired) electrons. The molecule has 28 heavy (non-hydrogen) atoms. The van der Waals surface area contributed by atoms with E-state index < -0.39 is 11.2 Å². The first-order valence-corrected chi connectivity index (χ1v) is 9.54. The first kappa shape index (κ1) is 20.4. The molecule has 0 spiro atoms. The Morgan fingerprint density at radius 2 is 1.79 bits per heavy atom. The molecule has 1 aliphatic heterocycles. The van der Waals surface area contributed by atoms with E-state index in [1.807, 2.05) is 19.1 Å². The predicted molar refractivity (Wildman–Crippen MR) is 109 cm³/mol. The Morgan fingerprint density at radius 1 is 1.11 bits per heavy atom. The van der Waals surface area contributed by atoms with Gasteiger partial charge < -0.3 is 14.6 Å². The van der Waals surface area contributed by atoms with Gasteiger partial charge in [-0.3, -0.25) is 4.79 Å². The fraction of sp³-hybridized carbons (Fsp3) is 0.364. The van der Waals surface area contributed by atoms with Crippen molar-refractivity contribution in [3.63, 3.8) is 0 Å². The van der Waals surface area contributed by atoms with Gasteiger partial charge in [-0.1, -0.05) is 24.6 Å². The number of pyridine rings is 1. The molecule has 0 fully saturated rings. The van der Waals surface area contributed by atoms with Crippen LogP contribution in [0.2, 0.25) is 5.15 Å². The van der Waals surface area contributed by atoms with Crippen LogP contribution >= 0.6 is 11.6 Å². The largest absolute Gasteiger partial charge is 0.508 e. The van der Waals surface area contributed by atoms with Crippen LogP contribution in [0.3, 0.4) is 0 Å². The van der Waals surface area contributed by atoms with Gasteiger partial charge in [-0.15, -0.1) is 0 Å². The molecule has 5 nitrogen and oxygen atoms in total. The smallest absolute Gasteiger partial charge is 0.198 e. The van der Waals surface area contributed by atoms with E-state index in [-0.39, 0.29) is 17.1 Å². The number of rotatable bonds is 4. The van der Waals surface area contributed by atoms with Gasteiger partial charge in [-0.05, 0) is 63.4 Å². The second-order valence-corrected chi connectivity index (χ2v) is 8.15. The van der Waals surface area contributed by atoms with Gasteiger partial charge in [-0.2, -0.15) is 0 Å². The molecule has 0 unspecified atom stereocenters. The molecule has 148 valence electrons. The van der Waals surface area contributed by atoms with E-state index in [0.29, 0.717) is 28.6 Å². The summed E-state index contributed by atoms with van der Waals surface area (Å²) in [7, 11) is 0. The van der Waals surface area contributed by atoms with Crippen molar-refractivity contribution in [3.05, 3.63) is 58.6 Å². The summed E-state index contributed by atoms with van der Waals surface area (Å²) >= 11 is 5.92. The van der Waals surface area contributed by atoms with Crippen molar-refractivity contribution in [3.8, 4) is 11.5 Å². The summed E-state index contributed by atoms with van der Waals surface area (Å²) in [6.07, 6.45) is 2.25. The maximum Gasteiger partial charge on any atom is 0.198 e. The molecule has 1 aromatic heterocycles. The molecule has 2 aromatic rings. The molecular formula is C22H24ClNO4. The van der Waals surface area contributed by atoms with Crippen LogP contribution in [-0.4, -0.2) is 27.1 Å². The zero-order valence-electron chi connectivity index (χ0n) is 16.7. The van der Waals surface area contributed by atoms with E-state index >= 15 is 0 Å². The van der Waals surface area contributed by atoms with Crippen LogP contribution in [0.1, 0.15) is 45.7 Å². The first-order chi connectivity index (χ1) is 13.0. The average molecular weight is 402 g/mol. The summed E-state index contributed by atoms with van der Waals surface area (Å²) in [5.74, 6) is 0.732. The minimum Gasteiger partial charge on any atom is -0.508 e. The van der Waals surface area contributed by atoms with E-state index in [0.717, 1.165) is 5.56 Å². The molecule has 0 atom stereocenters. The van der Waals surface area contributed by atoms with Crippen molar-refractivity contribution in [2.45, 2.75) is 52.2 Å². The molecule has 0 saturated heterocycles. The molecule has 0 bridgehead atoms. The number of nitrogens with zero attached hydrogens (tertiary/aromatic N) is 1. The third-order valence-electron chi connectivity index (χ3n) is 4.76. The minimum absolute atomic E-state index is 0.0735. The number of Topliss-reactive ketones (excluding diaryl/α,β-unsaturated/α-hetero) is 1. The number of carbonyl (C=O) groups is 1. The summed E-state index contributed by atoms with van der Waals surface area (Å²) in [6, 6.07) is 8.80.